The molecule has 0 aromatic carbocycles. The largest absolute Gasteiger partial charge is 0.481 e. The van der Waals surface area contributed by atoms with Crippen LogP contribution in [-0.4, -0.2) is 42.5 Å². The molecule has 1 aliphatic rings. The van der Waals surface area contributed by atoms with E-state index in [1.54, 1.807) is 15.7 Å². The number of carbonyl (C=O) groups is 2. The van der Waals surface area contributed by atoms with E-state index >= 15 is 0 Å². The molecule has 0 saturated carbocycles. The maximum absolute atomic E-state index is 12.6. The molecule has 1 aromatic rings. The fraction of sp³-hybridized carbons (Fsp3) is 0.471. The van der Waals surface area contributed by atoms with Crippen LogP contribution in [0.3, 0.4) is 0 Å². The number of carboxylic acid groups (broad SMARTS) is 1. The van der Waals surface area contributed by atoms with Gasteiger partial charge >= 0.3 is 5.97 Å². The third-order valence-corrected chi connectivity index (χ3v) is 5.25. The molecule has 2 rings (SSSR count). The lowest BCUT2D eigenvalue weighted by Gasteiger charge is -2.13. The highest BCUT2D eigenvalue weighted by molar-refractivity contribution is 8.26. The molecule has 1 fully saturated rings. The van der Waals surface area contributed by atoms with Crippen molar-refractivity contribution in [2.75, 3.05) is 6.54 Å². The second-order valence-corrected chi connectivity index (χ2v) is 7.55. The summed E-state index contributed by atoms with van der Waals surface area (Å²) < 4.78 is 2.22. The summed E-state index contributed by atoms with van der Waals surface area (Å²) >= 11 is 6.57. The molecule has 0 bridgehead atoms. The molecular weight excluding hydrogens is 372 g/mol. The number of rotatable bonds is 9. The smallest absolute Gasteiger partial charge is 0.303 e. The summed E-state index contributed by atoms with van der Waals surface area (Å²) in [5.41, 5.74) is 1.63. The Kier molecular flexibility index (Phi) is 7.36. The van der Waals surface area contributed by atoms with Crippen molar-refractivity contribution in [3.05, 3.63) is 22.4 Å². The maximum Gasteiger partial charge on any atom is 0.303 e. The summed E-state index contributed by atoms with van der Waals surface area (Å²) in [6, 6.07) is 2.08. The van der Waals surface area contributed by atoms with Crippen LogP contribution >= 0.6 is 24.0 Å². The van der Waals surface area contributed by atoms with E-state index in [9.17, 15) is 9.59 Å². The van der Waals surface area contributed by atoms with Gasteiger partial charge in [0.2, 0.25) is 0 Å². The first kappa shape index (κ1) is 20.1. The van der Waals surface area contributed by atoms with E-state index < -0.39 is 5.97 Å². The number of hydrogen-bond donors (Lipinski definition) is 1. The number of carbonyl (C=O) groups excluding carboxylic acids is 1. The van der Waals surface area contributed by atoms with E-state index in [-0.39, 0.29) is 12.3 Å². The molecule has 1 saturated heterocycles. The van der Waals surface area contributed by atoms with Crippen molar-refractivity contribution in [3.63, 3.8) is 0 Å². The molecule has 0 spiro atoms. The van der Waals surface area contributed by atoms with Crippen LogP contribution < -0.4 is 0 Å². The van der Waals surface area contributed by atoms with Crippen LogP contribution in [0.4, 0.5) is 0 Å². The normalized spacial score (nSPS) is 15.7. The topological polar surface area (TPSA) is 99.2 Å². The zero-order chi connectivity index (χ0) is 19.1. The zero-order valence-corrected chi connectivity index (χ0v) is 16.1. The van der Waals surface area contributed by atoms with Crippen LogP contribution in [0.2, 0.25) is 0 Å². The van der Waals surface area contributed by atoms with Crippen LogP contribution in [0, 0.1) is 18.3 Å². The van der Waals surface area contributed by atoms with Crippen LogP contribution in [0.25, 0.3) is 6.08 Å². The summed E-state index contributed by atoms with van der Waals surface area (Å²) in [4.78, 5) is 25.2. The van der Waals surface area contributed by atoms with Gasteiger partial charge < -0.3 is 5.11 Å². The molecule has 0 radical (unpaired) electrons. The minimum atomic E-state index is -0.802. The summed E-state index contributed by atoms with van der Waals surface area (Å²) in [6.07, 6.45) is 6.20. The predicted molar refractivity (Wildman–Crippen MR) is 103 cm³/mol. The number of aliphatic carboxylic acids is 1. The average molecular weight is 393 g/mol. The van der Waals surface area contributed by atoms with Crippen molar-refractivity contribution in [3.8, 4) is 6.07 Å². The number of aromatic nitrogens is 2. The Bertz CT molecular complexity index is 779. The predicted octanol–water partition coefficient (Wildman–Crippen LogP) is 2.95. The van der Waals surface area contributed by atoms with Gasteiger partial charge in [-0.1, -0.05) is 30.4 Å². The summed E-state index contributed by atoms with van der Waals surface area (Å²) in [5, 5.41) is 21.6. The lowest BCUT2D eigenvalue weighted by Crippen LogP contribution is -2.29. The Morgan fingerprint density at radius 3 is 2.88 bits per heavy atom. The second-order valence-electron chi connectivity index (χ2n) is 5.88. The SMILES string of the molecule is Cc1nn(CCC#N)cc1/C=C1\SC(=S)N(CCCCCC(=O)O)C1=O. The molecule has 0 atom stereocenters. The summed E-state index contributed by atoms with van der Waals surface area (Å²) in [6.45, 7) is 2.88. The van der Waals surface area contributed by atoms with Gasteiger partial charge in [-0.25, -0.2) is 0 Å². The van der Waals surface area contributed by atoms with Crippen molar-refractivity contribution >= 4 is 46.3 Å². The van der Waals surface area contributed by atoms with E-state index in [0.717, 1.165) is 24.1 Å². The average Bonchev–Trinajstić information content (AvgIpc) is 3.06. The van der Waals surface area contributed by atoms with E-state index in [2.05, 4.69) is 11.2 Å². The standard InChI is InChI=1S/C17H20N4O3S2/c1-12-13(11-20(19-12)8-5-7-18)10-14-16(24)21(17(25)26-14)9-4-2-3-6-15(22)23/h10-11H,2-6,8-9H2,1H3,(H,22,23)/b14-10-. The van der Waals surface area contributed by atoms with E-state index in [1.165, 1.54) is 11.8 Å². The first-order valence-corrected chi connectivity index (χ1v) is 9.53. The van der Waals surface area contributed by atoms with Gasteiger partial charge in [0.1, 0.15) is 4.32 Å². The molecule has 1 aliphatic heterocycles. The highest BCUT2D eigenvalue weighted by Crippen LogP contribution is 2.33. The minimum Gasteiger partial charge on any atom is -0.481 e. The van der Waals surface area contributed by atoms with Gasteiger partial charge in [0.25, 0.3) is 5.91 Å². The number of thioether (sulfide) groups is 1. The third kappa shape index (κ3) is 5.41. The van der Waals surface area contributed by atoms with Crippen molar-refractivity contribution in [2.45, 2.75) is 45.6 Å². The Labute approximate surface area is 161 Å². The number of aryl methyl sites for hydroxylation is 2. The molecule has 2 heterocycles. The molecule has 138 valence electrons. The van der Waals surface area contributed by atoms with Gasteiger partial charge in [0.05, 0.1) is 29.6 Å². The number of nitriles is 1. The fourth-order valence-electron chi connectivity index (χ4n) is 2.51. The zero-order valence-electron chi connectivity index (χ0n) is 14.5. The van der Waals surface area contributed by atoms with Crippen molar-refractivity contribution in [1.82, 2.24) is 14.7 Å². The van der Waals surface area contributed by atoms with Crippen molar-refractivity contribution in [2.24, 2.45) is 0 Å². The van der Waals surface area contributed by atoms with Crippen LogP contribution in [0.1, 0.15) is 43.4 Å². The Balaban J connectivity index is 1.97. The van der Waals surface area contributed by atoms with Crippen LogP contribution in [0.5, 0.6) is 0 Å². The van der Waals surface area contributed by atoms with Crippen molar-refractivity contribution < 1.29 is 14.7 Å². The van der Waals surface area contributed by atoms with Gasteiger partial charge in [0, 0.05) is 24.7 Å². The molecule has 7 nitrogen and oxygen atoms in total. The van der Waals surface area contributed by atoms with Gasteiger partial charge in [0.15, 0.2) is 0 Å². The second kappa shape index (κ2) is 9.50. The monoisotopic (exact) mass is 392 g/mol. The van der Waals surface area contributed by atoms with Gasteiger partial charge in [-0.2, -0.15) is 10.4 Å². The number of hydrogen-bond acceptors (Lipinski definition) is 6. The number of nitrogens with zero attached hydrogens (tertiary/aromatic N) is 4. The maximum atomic E-state index is 12.6. The lowest BCUT2D eigenvalue weighted by molar-refractivity contribution is -0.137. The first-order chi connectivity index (χ1) is 12.4. The lowest BCUT2D eigenvalue weighted by atomic mass is 10.2. The van der Waals surface area contributed by atoms with Gasteiger partial charge in [-0.05, 0) is 25.8 Å². The fourth-order valence-corrected chi connectivity index (χ4v) is 3.81. The van der Waals surface area contributed by atoms with E-state index in [0.29, 0.717) is 35.2 Å². The molecule has 9 heteroatoms. The van der Waals surface area contributed by atoms with Gasteiger partial charge in [-0.15, -0.1) is 0 Å². The summed E-state index contributed by atoms with van der Waals surface area (Å²) in [7, 11) is 0. The summed E-state index contributed by atoms with van der Waals surface area (Å²) in [5.74, 6) is -0.924. The number of carboxylic acids is 1. The van der Waals surface area contributed by atoms with E-state index in [4.69, 9.17) is 22.6 Å². The molecule has 1 N–H and O–H groups in total. The molecular formula is C17H20N4O3S2. The highest BCUT2D eigenvalue weighted by atomic mass is 32.2. The van der Waals surface area contributed by atoms with Crippen molar-refractivity contribution in [1.29, 1.82) is 5.26 Å². The number of thiocarbonyl (C=S) groups is 1. The Morgan fingerprint density at radius 1 is 1.42 bits per heavy atom. The quantitative estimate of drug-likeness (QED) is 0.392. The van der Waals surface area contributed by atoms with Crippen LogP contribution in [-0.2, 0) is 16.1 Å². The molecule has 1 amide bonds. The van der Waals surface area contributed by atoms with Crippen LogP contribution in [0.15, 0.2) is 11.1 Å². The Morgan fingerprint density at radius 2 is 2.19 bits per heavy atom. The van der Waals surface area contributed by atoms with E-state index in [1.807, 2.05) is 13.1 Å². The highest BCUT2D eigenvalue weighted by Gasteiger charge is 2.31. The first-order valence-electron chi connectivity index (χ1n) is 8.30. The third-order valence-electron chi connectivity index (χ3n) is 3.87. The minimum absolute atomic E-state index is 0.123. The Hall–Kier alpha value is -2.18. The molecule has 1 aromatic heterocycles. The molecule has 0 aliphatic carbocycles. The number of unbranched alkanes of at least 4 members (excludes halogenated alkanes) is 2. The molecule has 0 unspecified atom stereocenters. The number of amides is 1. The van der Waals surface area contributed by atoms with Gasteiger partial charge in [-0.3, -0.25) is 19.2 Å². The molecule has 26 heavy (non-hydrogen) atoms.